The van der Waals surface area contributed by atoms with E-state index in [0.717, 1.165) is 24.0 Å². The quantitative estimate of drug-likeness (QED) is 0.317. The largest absolute Gasteiger partial charge is 0.497 e. The van der Waals surface area contributed by atoms with Gasteiger partial charge in [-0.2, -0.15) is 0 Å². The number of hydrogen-bond donors (Lipinski definition) is 1. The zero-order valence-electron chi connectivity index (χ0n) is 15.7. The van der Waals surface area contributed by atoms with E-state index in [1.54, 1.807) is 31.4 Å². The van der Waals surface area contributed by atoms with Crippen molar-refractivity contribution in [3.8, 4) is 5.75 Å². The number of methoxy groups -OCH3 is 1. The van der Waals surface area contributed by atoms with E-state index in [1.165, 1.54) is 0 Å². The van der Waals surface area contributed by atoms with Gasteiger partial charge in [0.1, 0.15) is 5.75 Å². The Morgan fingerprint density at radius 1 is 1.07 bits per heavy atom. The standard InChI is InChI=1S/C22H25NO4/c1-3-4-13-23-22(25)20(15-17-9-6-5-7-10-17)27-21(24)16-18-11-8-12-19(14-18)26-2/h5-12,14-15H,3-4,13,16H2,1-2H3,(H,23,25)/b20-15+. The van der Waals surface area contributed by atoms with Crippen molar-refractivity contribution in [1.82, 2.24) is 5.32 Å². The molecule has 0 aliphatic heterocycles. The summed E-state index contributed by atoms with van der Waals surface area (Å²) in [6.07, 6.45) is 3.45. The van der Waals surface area contributed by atoms with Crippen molar-refractivity contribution in [2.75, 3.05) is 13.7 Å². The summed E-state index contributed by atoms with van der Waals surface area (Å²) in [6.45, 7) is 2.58. The first-order valence-corrected chi connectivity index (χ1v) is 9.01. The molecule has 0 heterocycles. The van der Waals surface area contributed by atoms with Crippen LogP contribution in [0.1, 0.15) is 30.9 Å². The predicted molar refractivity (Wildman–Crippen MR) is 105 cm³/mol. The minimum atomic E-state index is -0.504. The molecule has 27 heavy (non-hydrogen) atoms. The van der Waals surface area contributed by atoms with Crippen LogP contribution in [-0.4, -0.2) is 25.5 Å². The number of ether oxygens (including phenoxy) is 2. The fourth-order valence-corrected chi connectivity index (χ4v) is 2.42. The SMILES string of the molecule is CCCCNC(=O)/C(=C\c1ccccc1)OC(=O)Cc1cccc(OC)c1. The van der Waals surface area contributed by atoms with E-state index < -0.39 is 11.9 Å². The second-order valence-electron chi connectivity index (χ2n) is 6.03. The van der Waals surface area contributed by atoms with Gasteiger partial charge in [-0.15, -0.1) is 0 Å². The molecule has 5 nitrogen and oxygen atoms in total. The Morgan fingerprint density at radius 2 is 1.85 bits per heavy atom. The molecule has 2 aromatic rings. The first kappa shape index (κ1) is 20.2. The molecule has 1 N–H and O–H groups in total. The number of benzene rings is 2. The molecule has 0 saturated heterocycles. The summed E-state index contributed by atoms with van der Waals surface area (Å²) >= 11 is 0. The zero-order chi connectivity index (χ0) is 19.5. The molecule has 5 heteroatoms. The van der Waals surface area contributed by atoms with Crippen molar-refractivity contribution < 1.29 is 19.1 Å². The summed E-state index contributed by atoms with van der Waals surface area (Å²) in [5.41, 5.74) is 1.54. The third-order valence-electron chi connectivity index (χ3n) is 3.84. The smallest absolute Gasteiger partial charge is 0.315 e. The van der Waals surface area contributed by atoms with Gasteiger partial charge in [0.25, 0.3) is 5.91 Å². The second-order valence-corrected chi connectivity index (χ2v) is 6.03. The van der Waals surface area contributed by atoms with Crippen LogP contribution in [-0.2, 0) is 20.7 Å². The van der Waals surface area contributed by atoms with Crippen LogP contribution < -0.4 is 10.1 Å². The summed E-state index contributed by atoms with van der Waals surface area (Å²) < 4.78 is 10.6. The molecular weight excluding hydrogens is 342 g/mol. The maximum Gasteiger partial charge on any atom is 0.315 e. The summed E-state index contributed by atoms with van der Waals surface area (Å²) in [6, 6.07) is 16.5. The van der Waals surface area contributed by atoms with Crippen molar-refractivity contribution in [3.63, 3.8) is 0 Å². The zero-order valence-corrected chi connectivity index (χ0v) is 15.7. The average molecular weight is 367 g/mol. The topological polar surface area (TPSA) is 64.6 Å². The van der Waals surface area contributed by atoms with Gasteiger partial charge in [-0.05, 0) is 35.8 Å². The Morgan fingerprint density at radius 3 is 2.56 bits per heavy atom. The summed E-state index contributed by atoms with van der Waals surface area (Å²) in [4.78, 5) is 24.8. The van der Waals surface area contributed by atoms with Crippen LogP contribution in [0.4, 0.5) is 0 Å². The predicted octanol–water partition coefficient (Wildman–Crippen LogP) is 3.74. The first-order chi connectivity index (χ1) is 13.1. The minimum absolute atomic E-state index is 0.00907. The Bertz CT molecular complexity index is 784. The highest BCUT2D eigenvalue weighted by atomic mass is 16.5. The fourth-order valence-electron chi connectivity index (χ4n) is 2.42. The van der Waals surface area contributed by atoms with E-state index in [4.69, 9.17) is 9.47 Å². The number of esters is 1. The molecule has 0 spiro atoms. The molecule has 1 amide bonds. The van der Waals surface area contributed by atoms with Crippen LogP contribution in [0.3, 0.4) is 0 Å². The lowest BCUT2D eigenvalue weighted by molar-refractivity contribution is -0.142. The monoisotopic (exact) mass is 367 g/mol. The Hall–Kier alpha value is -3.08. The number of hydrogen-bond acceptors (Lipinski definition) is 4. The minimum Gasteiger partial charge on any atom is -0.497 e. The van der Waals surface area contributed by atoms with Crippen LogP contribution >= 0.6 is 0 Å². The van der Waals surface area contributed by atoms with E-state index in [0.29, 0.717) is 12.3 Å². The lowest BCUT2D eigenvalue weighted by Gasteiger charge is -2.10. The van der Waals surface area contributed by atoms with Crippen molar-refractivity contribution in [2.24, 2.45) is 0 Å². The number of unbranched alkanes of at least 4 members (excludes halogenated alkanes) is 1. The highest BCUT2D eigenvalue weighted by Gasteiger charge is 2.16. The Balaban J connectivity index is 2.11. The number of nitrogens with one attached hydrogen (secondary N) is 1. The maximum atomic E-state index is 12.4. The lowest BCUT2D eigenvalue weighted by atomic mass is 10.1. The molecule has 0 radical (unpaired) electrons. The van der Waals surface area contributed by atoms with Gasteiger partial charge >= 0.3 is 5.97 Å². The van der Waals surface area contributed by atoms with Gasteiger partial charge in [0, 0.05) is 6.54 Å². The van der Waals surface area contributed by atoms with Crippen LogP contribution in [0.15, 0.2) is 60.4 Å². The summed E-state index contributed by atoms with van der Waals surface area (Å²) in [5.74, 6) is -0.245. The summed E-state index contributed by atoms with van der Waals surface area (Å²) in [5, 5.41) is 2.79. The maximum absolute atomic E-state index is 12.4. The first-order valence-electron chi connectivity index (χ1n) is 9.01. The van der Waals surface area contributed by atoms with Gasteiger partial charge in [-0.3, -0.25) is 9.59 Å². The third kappa shape index (κ3) is 6.98. The third-order valence-corrected chi connectivity index (χ3v) is 3.84. The summed E-state index contributed by atoms with van der Waals surface area (Å²) in [7, 11) is 1.57. The van der Waals surface area contributed by atoms with Crippen LogP contribution in [0.5, 0.6) is 5.75 Å². The molecule has 0 fully saturated rings. The van der Waals surface area contributed by atoms with Crippen molar-refractivity contribution >= 4 is 18.0 Å². The lowest BCUT2D eigenvalue weighted by Crippen LogP contribution is -2.28. The number of carbonyl (C=O) groups is 2. The van der Waals surface area contributed by atoms with Gasteiger partial charge in [0.2, 0.25) is 0 Å². The van der Waals surface area contributed by atoms with E-state index in [2.05, 4.69) is 5.32 Å². The normalized spacial score (nSPS) is 11.0. The van der Waals surface area contributed by atoms with Crippen molar-refractivity contribution in [1.29, 1.82) is 0 Å². The molecule has 2 rings (SSSR count). The Kier molecular flexibility index (Phi) is 8.10. The molecule has 142 valence electrons. The molecule has 0 aliphatic rings. The van der Waals surface area contributed by atoms with Crippen LogP contribution in [0, 0.1) is 0 Å². The van der Waals surface area contributed by atoms with Gasteiger partial charge in [-0.1, -0.05) is 55.8 Å². The molecule has 2 aromatic carbocycles. The van der Waals surface area contributed by atoms with Crippen molar-refractivity contribution in [3.05, 3.63) is 71.5 Å². The van der Waals surface area contributed by atoms with E-state index in [1.807, 2.05) is 43.3 Å². The van der Waals surface area contributed by atoms with Gasteiger partial charge in [-0.25, -0.2) is 0 Å². The molecule has 0 bridgehead atoms. The molecule has 0 aliphatic carbocycles. The van der Waals surface area contributed by atoms with Crippen molar-refractivity contribution in [2.45, 2.75) is 26.2 Å². The molecule has 0 aromatic heterocycles. The van der Waals surface area contributed by atoms with E-state index >= 15 is 0 Å². The van der Waals surface area contributed by atoms with Crippen LogP contribution in [0.25, 0.3) is 6.08 Å². The Labute approximate surface area is 160 Å². The van der Waals surface area contributed by atoms with Gasteiger partial charge < -0.3 is 14.8 Å². The number of rotatable bonds is 9. The number of carbonyl (C=O) groups excluding carboxylic acids is 2. The molecule has 0 atom stereocenters. The van der Waals surface area contributed by atoms with Crippen LogP contribution in [0.2, 0.25) is 0 Å². The van der Waals surface area contributed by atoms with Gasteiger partial charge in [0.15, 0.2) is 5.76 Å². The molecule has 0 saturated carbocycles. The highest BCUT2D eigenvalue weighted by Crippen LogP contribution is 2.15. The van der Waals surface area contributed by atoms with E-state index in [-0.39, 0.29) is 12.2 Å². The average Bonchev–Trinajstić information content (AvgIpc) is 2.68. The number of amides is 1. The van der Waals surface area contributed by atoms with Gasteiger partial charge in [0.05, 0.1) is 13.5 Å². The molecular formula is C22H25NO4. The molecule has 0 unspecified atom stereocenters. The second kappa shape index (κ2) is 10.8. The fraction of sp³-hybridized carbons (Fsp3) is 0.273. The van der Waals surface area contributed by atoms with E-state index in [9.17, 15) is 9.59 Å². The highest BCUT2D eigenvalue weighted by molar-refractivity contribution is 5.98.